The molecule has 0 aliphatic rings. The molecule has 5 nitrogen and oxygen atoms in total. The minimum Gasteiger partial charge on any atom is -0.444 e. The number of nitrogens with one attached hydrogen (secondary N) is 1. The summed E-state index contributed by atoms with van der Waals surface area (Å²) in [6.45, 7) is 8.95. The lowest BCUT2D eigenvalue weighted by molar-refractivity contribution is -0.120. The number of anilines is 1. The van der Waals surface area contributed by atoms with Gasteiger partial charge >= 0.3 is 6.09 Å². The summed E-state index contributed by atoms with van der Waals surface area (Å²) in [5, 5.41) is 2.55. The first kappa shape index (κ1) is 17.0. The van der Waals surface area contributed by atoms with Crippen molar-refractivity contribution in [3.63, 3.8) is 0 Å². The Hall–Kier alpha value is -2.04. The van der Waals surface area contributed by atoms with Crippen molar-refractivity contribution in [2.24, 2.45) is 0 Å². The minimum atomic E-state index is -0.661. The molecule has 1 unspecified atom stereocenters. The number of ether oxygens (including phenoxy) is 1. The molecule has 0 saturated carbocycles. The van der Waals surface area contributed by atoms with Gasteiger partial charge in [-0.2, -0.15) is 0 Å². The lowest BCUT2D eigenvalue weighted by Gasteiger charge is -2.24. The van der Waals surface area contributed by atoms with Crippen molar-refractivity contribution >= 4 is 17.7 Å². The molecule has 1 atom stereocenters. The fourth-order valence-electron chi connectivity index (χ4n) is 1.73. The maximum atomic E-state index is 12.3. The maximum Gasteiger partial charge on any atom is 0.408 e. The third-order valence-electron chi connectivity index (χ3n) is 2.86. The lowest BCUT2D eigenvalue weighted by Crippen LogP contribution is -2.47. The van der Waals surface area contributed by atoms with Crippen LogP contribution in [0.2, 0.25) is 0 Å². The highest BCUT2D eigenvalue weighted by Gasteiger charge is 2.23. The van der Waals surface area contributed by atoms with Crippen LogP contribution in [0, 0.1) is 6.92 Å². The molecule has 2 amide bonds. The van der Waals surface area contributed by atoms with Gasteiger partial charge in [0, 0.05) is 12.7 Å². The Labute approximate surface area is 126 Å². The van der Waals surface area contributed by atoms with Crippen molar-refractivity contribution in [2.75, 3.05) is 11.9 Å². The monoisotopic (exact) mass is 292 g/mol. The summed E-state index contributed by atoms with van der Waals surface area (Å²) in [7, 11) is 1.68. The van der Waals surface area contributed by atoms with Crippen LogP contribution in [0.5, 0.6) is 0 Å². The van der Waals surface area contributed by atoms with Gasteiger partial charge in [-0.3, -0.25) is 4.79 Å². The number of likely N-dealkylation sites (N-methyl/N-ethyl adjacent to an activating group) is 1. The SMILES string of the molecule is Cc1ccc(N(C)C(=O)C(C)NC(=O)OC(C)(C)C)cc1. The van der Waals surface area contributed by atoms with Gasteiger partial charge in [-0.25, -0.2) is 4.79 Å². The number of hydrogen-bond donors (Lipinski definition) is 1. The van der Waals surface area contributed by atoms with Crippen molar-refractivity contribution in [3.05, 3.63) is 29.8 Å². The average molecular weight is 292 g/mol. The first-order chi connectivity index (χ1) is 9.60. The molecule has 0 heterocycles. The van der Waals surface area contributed by atoms with Crippen molar-refractivity contribution < 1.29 is 14.3 Å². The van der Waals surface area contributed by atoms with Crippen LogP contribution < -0.4 is 10.2 Å². The number of carbonyl (C=O) groups is 2. The normalized spacial score (nSPS) is 12.5. The van der Waals surface area contributed by atoms with Crippen molar-refractivity contribution in [3.8, 4) is 0 Å². The zero-order valence-corrected chi connectivity index (χ0v) is 13.6. The summed E-state index contributed by atoms with van der Waals surface area (Å²) in [5.74, 6) is -0.204. The van der Waals surface area contributed by atoms with Gasteiger partial charge in [0.05, 0.1) is 0 Å². The van der Waals surface area contributed by atoms with Gasteiger partial charge in [-0.1, -0.05) is 17.7 Å². The van der Waals surface area contributed by atoms with E-state index in [4.69, 9.17) is 4.74 Å². The minimum absolute atomic E-state index is 0.204. The highest BCUT2D eigenvalue weighted by atomic mass is 16.6. The topological polar surface area (TPSA) is 58.6 Å². The Bertz CT molecular complexity index is 503. The number of amides is 2. The number of carbonyl (C=O) groups excluding carboxylic acids is 2. The average Bonchev–Trinajstić information content (AvgIpc) is 2.35. The molecular weight excluding hydrogens is 268 g/mol. The Kier molecular flexibility index (Phi) is 5.35. The predicted octanol–water partition coefficient (Wildman–Crippen LogP) is 2.87. The Morgan fingerprint density at radius 1 is 1.19 bits per heavy atom. The fourth-order valence-corrected chi connectivity index (χ4v) is 1.73. The summed E-state index contributed by atoms with van der Waals surface area (Å²) in [4.78, 5) is 25.5. The highest BCUT2D eigenvalue weighted by Crippen LogP contribution is 2.14. The van der Waals surface area contributed by atoms with Crippen LogP contribution in [0.4, 0.5) is 10.5 Å². The molecule has 0 aliphatic carbocycles. The molecule has 1 aromatic carbocycles. The van der Waals surface area contributed by atoms with Gasteiger partial charge in [0.25, 0.3) is 0 Å². The molecule has 5 heteroatoms. The number of aryl methyl sites for hydroxylation is 1. The van der Waals surface area contributed by atoms with Gasteiger partial charge in [-0.15, -0.1) is 0 Å². The largest absolute Gasteiger partial charge is 0.444 e. The first-order valence-electron chi connectivity index (χ1n) is 6.94. The van der Waals surface area contributed by atoms with Crippen LogP contribution in [0.15, 0.2) is 24.3 Å². The van der Waals surface area contributed by atoms with Gasteiger partial charge in [-0.05, 0) is 46.8 Å². The van der Waals surface area contributed by atoms with Gasteiger partial charge < -0.3 is 15.0 Å². The van der Waals surface area contributed by atoms with Crippen LogP contribution >= 0.6 is 0 Å². The van der Waals surface area contributed by atoms with Crippen molar-refractivity contribution in [1.29, 1.82) is 0 Å². The number of nitrogens with zero attached hydrogens (tertiary/aromatic N) is 1. The first-order valence-corrected chi connectivity index (χ1v) is 6.94. The number of rotatable bonds is 3. The molecule has 0 fully saturated rings. The lowest BCUT2D eigenvalue weighted by atomic mass is 10.2. The van der Waals surface area contributed by atoms with Crippen LogP contribution in [0.1, 0.15) is 33.3 Å². The summed E-state index contributed by atoms with van der Waals surface area (Å²) in [6, 6.07) is 6.95. The molecule has 0 aromatic heterocycles. The summed E-state index contributed by atoms with van der Waals surface area (Å²) in [6.07, 6.45) is -0.597. The second-order valence-electron chi connectivity index (χ2n) is 6.10. The molecule has 116 valence electrons. The van der Waals surface area contributed by atoms with Crippen LogP contribution in [-0.2, 0) is 9.53 Å². The molecule has 21 heavy (non-hydrogen) atoms. The molecule has 0 saturated heterocycles. The van der Waals surface area contributed by atoms with Crippen molar-refractivity contribution in [2.45, 2.75) is 46.3 Å². The Morgan fingerprint density at radius 2 is 1.71 bits per heavy atom. The van der Waals surface area contributed by atoms with E-state index in [1.54, 1.807) is 34.7 Å². The van der Waals surface area contributed by atoms with E-state index >= 15 is 0 Å². The third-order valence-corrected chi connectivity index (χ3v) is 2.86. The van der Waals surface area contributed by atoms with E-state index in [2.05, 4.69) is 5.32 Å². The third kappa shape index (κ3) is 5.45. The second kappa shape index (κ2) is 6.61. The van der Waals surface area contributed by atoms with E-state index in [-0.39, 0.29) is 5.91 Å². The van der Waals surface area contributed by atoms with Gasteiger partial charge in [0.1, 0.15) is 11.6 Å². The molecule has 0 spiro atoms. The summed E-state index contributed by atoms with van der Waals surface area (Å²) in [5.41, 5.74) is 1.32. The number of benzene rings is 1. The summed E-state index contributed by atoms with van der Waals surface area (Å²) >= 11 is 0. The molecular formula is C16H24N2O3. The molecule has 0 aliphatic heterocycles. The van der Waals surface area contributed by atoms with E-state index in [0.29, 0.717) is 0 Å². The number of hydrogen-bond acceptors (Lipinski definition) is 3. The molecule has 0 radical (unpaired) electrons. The van der Waals surface area contributed by atoms with E-state index in [9.17, 15) is 9.59 Å². The molecule has 1 rings (SSSR count). The molecule has 1 aromatic rings. The predicted molar refractivity (Wildman–Crippen MR) is 83.4 cm³/mol. The molecule has 1 N–H and O–H groups in total. The standard InChI is InChI=1S/C16H24N2O3/c1-11-7-9-13(10-8-11)18(6)14(19)12(2)17-15(20)21-16(3,4)5/h7-10,12H,1-6H3,(H,17,20). The van der Waals surface area contributed by atoms with E-state index in [1.165, 1.54) is 4.90 Å². The quantitative estimate of drug-likeness (QED) is 0.932. The van der Waals surface area contributed by atoms with Gasteiger partial charge in [0.15, 0.2) is 0 Å². The molecule has 0 bridgehead atoms. The Balaban J connectivity index is 2.65. The maximum absolute atomic E-state index is 12.3. The summed E-state index contributed by atoms with van der Waals surface area (Å²) < 4.78 is 5.14. The van der Waals surface area contributed by atoms with E-state index in [1.807, 2.05) is 31.2 Å². The van der Waals surface area contributed by atoms with E-state index < -0.39 is 17.7 Å². The van der Waals surface area contributed by atoms with Crippen LogP contribution in [0.3, 0.4) is 0 Å². The van der Waals surface area contributed by atoms with Crippen molar-refractivity contribution in [1.82, 2.24) is 5.32 Å². The van der Waals surface area contributed by atoms with Crippen LogP contribution in [-0.4, -0.2) is 30.7 Å². The Morgan fingerprint density at radius 3 is 2.19 bits per heavy atom. The zero-order valence-electron chi connectivity index (χ0n) is 13.6. The smallest absolute Gasteiger partial charge is 0.408 e. The van der Waals surface area contributed by atoms with Crippen LogP contribution in [0.25, 0.3) is 0 Å². The fraction of sp³-hybridized carbons (Fsp3) is 0.500. The number of alkyl carbamates (subject to hydrolysis) is 1. The second-order valence-corrected chi connectivity index (χ2v) is 6.10. The highest BCUT2D eigenvalue weighted by molar-refractivity contribution is 5.97. The van der Waals surface area contributed by atoms with Gasteiger partial charge in [0.2, 0.25) is 5.91 Å². The zero-order chi connectivity index (χ0) is 16.2. The van der Waals surface area contributed by atoms with E-state index in [0.717, 1.165) is 11.3 Å².